The van der Waals surface area contributed by atoms with Crippen LogP contribution in [0.15, 0.2) is 0 Å². The van der Waals surface area contributed by atoms with Crippen molar-refractivity contribution in [1.29, 1.82) is 0 Å². The lowest BCUT2D eigenvalue weighted by atomic mass is 9.95. The largest absolute Gasteiger partial charge is 0.368 e. The highest BCUT2D eigenvalue weighted by Crippen LogP contribution is 2.14. The molecule has 0 bridgehead atoms. The Morgan fingerprint density at radius 3 is 2.33 bits per heavy atom. The van der Waals surface area contributed by atoms with E-state index < -0.39 is 5.54 Å². The zero-order chi connectivity index (χ0) is 14.3. The fourth-order valence-corrected chi connectivity index (χ4v) is 2.17. The molecule has 0 heterocycles. The zero-order valence-electron chi connectivity index (χ0n) is 12.9. The normalized spacial score (nSPS) is 16.9. The number of nitrogens with one attached hydrogen (secondary N) is 1. The van der Waals surface area contributed by atoms with Gasteiger partial charge in [-0.3, -0.25) is 4.79 Å². The Balaban J connectivity index is 4.31. The average Bonchev–Trinajstić information content (AvgIpc) is 2.25. The highest BCUT2D eigenvalue weighted by atomic mass is 16.1. The molecule has 108 valence electrons. The second-order valence-electron chi connectivity index (χ2n) is 5.94. The van der Waals surface area contributed by atoms with E-state index in [1.165, 1.54) is 6.42 Å². The van der Waals surface area contributed by atoms with E-state index in [-0.39, 0.29) is 5.91 Å². The summed E-state index contributed by atoms with van der Waals surface area (Å²) in [5.41, 5.74) is 4.88. The maximum Gasteiger partial charge on any atom is 0.237 e. The minimum Gasteiger partial charge on any atom is -0.368 e. The van der Waals surface area contributed by atoms with E-state index in [4.69, 9.17) is 5.73 Å². The molecule has 0 aromatic carbocycles. The summed E-state index contributed by atoms with van der Waals surface area (Å²) in [6.45, 7) is 12.2. The Hall–Kier alpha value is -0.610. The van der Waals surface area contributed by atoms with Gasteiger partial charge in [-0.15, -0.1) is 0 Å². The summed E-state index contributed by atoms with van der Waals surface area (Å²) in [6, 6.07) is 0.531. The van der Waals surface area contributed by atoms with E-state index in [1.807, 2.05) is 13.8 Å². The molecule has 0 saturated heterocycles. The third-order valence-electron chi connectivity index (χ3n) is 3.64. The second-order valence-corrected chi connectivity index (χ2v) is 5.94. The van der Waals surface area contributed by atoms with Crippen LogP contribution in [0.1, 0.15) is 47.5 Å². The van der Waals surface area contributed by atoms with Gasteiger partial charge in [0.15, 0.2) is 0 Å². The van der Waals surface area contributed by atoms with Crippen LogP contribution in [0.4, 0.5) is 0 Å². The predicted molar refractivity (Wildman–Crippen MR) is 77.4 cm³/mol. The quantitative estimate of drug-likeness (QED) is 0.659. The molecule has 4 nitrogen and oxygen atoms in total. The highest BCUT2D eigenvalue weighted by molar-refractivity contribution is 5.84. The van der Waals surface area contributed by atoms with Crippen molar-refractivity contribution in [3.8, 4) is 0 Å². The number of primary amides is 1. The molecule has 2 unspecified atom stereocenters. The van der Waals surface area contributed by atoms with Gasteiger partial charge in [0.2, 0.25) is 5.91 Å². The number of likely N-dealkylation sites (N-methyl/N-ethyl adjacent to an activating group) is 1. The van der Waals surface area contributed by atoms with E-state index in [9.17, 15) is 4.79 Å². The van der Waals surface area contributed by atoms with Crippen molar-refractivity contribution in [2.45, 2.75) is 59.0 Å². The summed E-state index contributed by atoms with van der Waals surface area (Å²) in [5, 5.41) is 3.19. The molecule has 4 heteroatoms. The van der Waals surface area contributed by atoms with Crippen LogP contribution in [-0.4, -0.2) is 42.5 Å². The molecule has 3 N–H and O–H groups in total. The van der Waals surface area contributed by atoms with Crippen LogP contribution in [0.2, 0.25) is 0 Å². The fraction of sp³-hybridized carbons (Fsp3) is 0.929. The first-order valence-electron chi connectivity index (χ1n) is 6.98. The van der Waals surface area contributed by atoms with E-state index in [1.54, 1.807) is 0 Å². The summed E-state index contributed by atoms with van der Waals surface area (Å²) in [6.07, 6.45) is 1.92. The van der Waals surface area contributed by atoms with Crippen molar-refractivity contribution in [3.63, 3.8) is 0 Å². The predicted octanol–water partition coefficient (Wildman–Crippen LogP) is 1.60. The van der Waals surface area contributed by atoms with Crippen molar-refractivity contribution in [3.05, 3.63) is 0 Å². The number of carbonyl (C=O) groups is 1. The number of amides is 1. The Kier molecular flexibility index (Phi) is 7.48. The van der Waals surface area contributed by atoms with E-state index in [0.717, 1.165) is 19.5 Å². The molecule has 0 radical (unpaired) electrons. The van der Waals surface area contributed by atoms with Crippen LogP contribution < -0.4 is 11.1 Å². The summed E-state index contributed by atoms with van der Waals surface area (Å²) in [5.74, 6) is 0.424. The van der Waals surface area contributed by atoms with Crippen LogP contribution in [-0.2, 0) is 4.79 Å². The summed E-state index contributed by atoms with van der Waals surface area (Å²) >= 11 is 0. The lowest BCUT2D eigenvalue weighted by Crippen LogP contribution is -2.54. The van der Waals surface area contributed by atoms with E-state index >= 15 is 0 Å². The zero-order valence-corrected chi connectivity index (χ0v) is 12.9. The van der Waals surface area contributed by atoms with Crippen molar-refractivity contribution >= 4 is 5.91 Å². The van der Waals surface area contributed by atoms with Gasteiger partial charge in [0.05, 0.1) is 5.54 Å². The minimum absolute atomic E-state index is 0.269. The van der Waals surface area contributed by atoms with E-state index in [2.05, 4.69) is 38.0 Å². The molecule has 0 fully saturated rings. The fourth-order valence-electron chi connectivity index (χ4n) is 2.17. The van der Waals surface area contributed by atoms with Crippen molar-refractivity contribution in [1.82, 2.24) is 10.2 Å². The Morgan fingerprint density at radius 2 is 1.94 bits per heavy atom. The molecule has 0 aliphatic heterocycles. The summed E-state index contributed by atoms with van der Waals surface area (Å²) in [7, 11) is 2.11. The van der Waals surface area contributed by atoms with Gasteiger partial charge in [-0.05, 0) is 46.2 Å². The number of nitrogens with two attached hydrogens (primary N) is 1. The third-order valence-corrected chi connectivity index (χ3v) is 3.64. The number of hydrogen-bond donors (Lipinski definition) is 2. The first kappa shape index (κ1) is 17.4. The van der Waals surface area contributed by atoms with Crippen LogP contribution in [0.25, 0.3) is 0 Å². The molecule has 0 aliphatic carbocycles. The molecule has 0 rings (SSSR count). The van der Waals surface area contributed by atoms with Crippen molar-refractivity contribution in [2.75, 3.05) is 20.1 Å². The van der Waals surface area contributed by atoms with Gasteiger partial charge in [-0.25, -0.2) is 0 Å². The molecule has 0 saturated carbocycles. The van der Waals surface area contributed by atoms with Gasteiger partial charge in [0.25, 0.3) is 0 Å². The first-order valence-corrected chi connectivity index (χ1v) is 6.98. The van der Waals surface area contributed by atoms with Crippen LogP contribution in [0.3, 0.4) is 0 Å². The minimum atomic E-state index is -0.597. The third kappa shape index (κ3) is 5.83. The first-order chi connectivity index (χ1) is 8.23. The summed E-state index contributed by atoms with van der Waals surface area (Å²) in [4.78, 5) is 13.8. The van der Waals surface area contributed by atoms with Gasteiger partial charge < -0.3 is 16.0 Å². The topological polar surface area (TPSA) is 58.4 Å². The average molecular weight is 257 g/mol. The molecule has 0 aromatic heterocycles. The second kappa shape index (κ2) is 7.74. The van der Waals surface area contributed by atoms with Crippen LogP contribution >= 0.6 is 0 Å². The van der Waals surface area contributed by atoms with E-state index in [0.29, 0.717) is 12.0 Å². The maximum atomic E-state index is 11.5. The molecule has 0 aliphatic rings. The van der Waals surface area contributed by atoms with Gasteiger partial charge in [-0.1, -0.05) is 20.8 Å². The number of hydrogen-bond acceptors (Lipinski definition) is 3. The lowest BCUT2D eigenvalue weighted by Gasteiger charge is -2.32. The smallest absolute Gasteiger partial charge is 0.237 e. The van der Waals surface area contributed by atoms with Crippen molar-refractivity contribution in [2.24, 2.45) is 11.7 Å². The molecule has 0 aromatic rings. The van der Waals surface area contributed by atoms with Gasteiger partial charge in [0, 0.05) is 12.6 Å². The van der Waals surface area contributed by atoms with Crippen molar-refractivity contribution < 1.29 is 4.79 Å². The molecule has 0 spiro atoms. The summed E-state index contributed by atoms with van der Waals surface area (Å²) < 4.78 is 0. The maximum absolute atomic E-state index is 11.5. The molecular formula is C14H31N3O. The Bertz CT molecular complexity index is 255. The van der Waals surface area contributed by atoms with Gasteiger partial charge >= 0.3 is 0 Å². The van der Waals surface area contributed by atoms with Gasteiger partial charge in [0.1, 0.15) is 0 Å². The SMILES string of the molecule is CCNC(C)(CCN(C)C(C)CC(C)C)C(N)=O. The Morgan fingerprint density at radius 1 is 1.39 bits per heavy atom. The van der Waals surface area contributed by atoms with Gasteiger partial charge in [-0.2, -0.15) is 0 Å². The number of rotatable bonds is 9. The monoisotopic (exact) mass is 257 g/mol. The lowest BCUT2D eigenvalue weighted by molar-refractivity contribution is -0.124. The van der Waals surface area contributed by atoms with Crippen LogP contribution in [0.5, 0.6) is 0 Å². The number of carbonyl (C=O) groups excluding carboxylic acids is 1. The number of nitrogens with zero attached hydrogens (tertiary/aromatic N) is 1. The Labute approximate surface area is 112 Å². The molecule has 2 atom stereocenters. The molecule has 18 heavy (non-hydrogen) atoms. The standard InChI is InChI=1S/C14H31N3O/c1-7-16-14(5,13(15)18)8-9-17(6)12(4)10-11(2)3/h11-12,16H,7-10H2,1-6H3,(H2,15,18). The molecule has 1 amide bonds. The molecular weight excluding hydrogens is 226 g/mol. The highest BCUT2D eigenvalue weighted by Gasteiger charge is 2.30. The van der Waals surface area contributed by atoms with Crippen LogP contribution in [0, 0.1) is 5.92 Å².